The summed E-state index contributed by atoms with van der Waals surface area (Å²) in [6.45, 7) is 3.93. The molecule has 1 aliphatic carbocycles. The van der Waals surface area contributed by atoms with Crippen LogP contribution in [0.15, 0.2) is 0 Å². The summed E-state index contributed by atoms with van der Waals surface area (Å²) in [5.41, 5.74) is 0. The van der Waals surface area contributed by atoms with Crippen molar-refractivity contribution in [2.75, 3.05) is 0 Å². The molecule has 0 aromatic carbocycles. The van der Waals surface area contributed by atoms with Gasteiger partial charge in [-0.3, -0.25) is 4.79 Å². The Morgan fingerprint density at radius 1 is 1.50 bits per heavy atom. The van der Waals surface area contributed by atoms with Crippen molar-refractivity contribution in [3.05, 3.63) is 0 Å². The lowest BCUT2D eigenvalue weighted by Gasteiger charge is -2.34. The van der Waals surface area contributed by atoms with Gasteiger partial charge in [0.25, 0.3) is 0 Å². The highest BCUT2D eigenvalue weighted by Crippen LogP contribution is 2.33. The predicted octanol–water partition coefficient (Wildman–Crippen LogP) is 1.45. The molecule has 2 heteroatoms. The Morgan fingerprint density at radius 2 is 2.00 bits per heavy atom. The second-order valence-electron chi connectivity index (χ2n) is 2.45. The van der Waals surface area contributed by atoms with Gasteiger partial charge in [-0.2, -0.15) is 0 Å². The lowest BCUT2D eigenvalue weighted by atomic mass is 9.74. The number of alkyl halides is 1. The zero-order valence-electron chi connectivity index (χ0n) is 5.02. The van der Waals surface area contributed by atoms with E-state index < -0.39 is 0 Å². The van der Waals surface area contributed by atoms with Gasteiger partial charge < -0.3 is 0 Å². The molecule has 0 unspecified atom stereocenters. The van der Waals surface area contributed by atoms with Crippen molar-refractivity contribution < 1.29 is 4.79 Å². The fraction of sp³-hybridized carbons (Fsp3) is 0.833. The molecule has 0 heterocycles. The van der Waals surface area contributed by atoms with Gasteiger partial charge in [-0.15, -0.1) is 11.6 Å². The van der Waals surface area contributed by atoms with Gasteiger partial charge >= 0.3 is 0 Å². The molecule has 1 aliphatic rings. The fourth-order valence-electron chi connectivity index (χ4n) is 0.904. The van der Waals surface area contributed by atoms with E-state index in [0.29, 0.717) is 5.92 Å². The van der Waals surface area contributed by atoms with Crippen LogP contribution in [0, 0.1) is 11.8 Å². The minimum absolute atomic E-state index is 0.190. The third-order valence-electron chi connectivity index (χ3n) is 1.97. The average Bonchev–Trinajstić information content (AvgIpc) is 1.83. The second-order valence-corrected chi connectivity index (χ2v) is 2.92. The molecule has 0 bridgehead atoms. The number of hydrogen-bond acceptors (Lipinski definition) is 1. The van der Waals surface area contributed by atoms with E-state index in [-0.39, 0.29) is 17.1 Å². The van der Waals surface area contributed by atoms with Gasteiger partial charge in [0, 0.05) is 5.92 Å². The SMILES string of the molecule is C[C@@H]1[C@H](C)C(=O)[C@H]1Cl. The minimum Gasteiger partial charge on any atom is -0.298 e. The van der Waals surface area contributed by atoms with Crippen molar-refractivity contribution in [1.82, 2.24) is 0 Å². The zero-order valence-corrected chi connectivity index (χ0v) is 5.77. The largest absolute Gasteiger partial charge is 0.298 e. The second kappa shape index (κ2) is 1.73. The quantitative estimate of drug-likeness (QED) is 0.456. The zero-order chi connectivity index (χ0) is 6.31. The van der Waals surface area contributed by atoms with Crippen LogP contribution in [0.3, 0.4) is 0 Å². The van der Waals surface area contributed by atoms with Gasteiger partial charge in [0.05, 0.1) is 5.38 Å². The summed E-state index contributed by atoms with van der Waals surface area (Å²) < 4.78 is 0. The van der Waals surface area contributed by atoms with Gasteiger partial charge in [-0.25, -0.2) is 0 Å². The highest BCUT2D eigenvalue weighted by Gasteiger charge is 2.42. The Morgan fingerprint density at radius 3 is 2.12 bits per heavy atom. The molecule has 0 saturated heterocycles. The van der Waals surface area contributed by atoms with E-state index in [0.717, 1.165) is 0 Å². The topological polar surface area (TPSA) is 17.1 Å². The molecule has 8 heavy (non-hydrogen) atoms. The Labute approximate surface area is 54.0 Å². The Balaban J connectivity index is 2.55. The van der Waals surface area contributed by atoms with Crippen LogP contribution in [-0.2, 0) is 4.79 Å². The van der Waals surface area contributed by atoms with Crippen LogP contribution in [0.2, 0.25) is 0 Å². The molecule has 1 nitrogen and oxygen atoms in total. The van der Waals surface area contributed by atoms with Crippen LogP contribution >= 0.6 is 11.6 Å². The van der Waals surface area contributed by atoms with Gasteiger partial charge in [-0.1, -0.05) is 13.8 Å². The van der Waals surface area contributed by atoms with Gasteiger partial charge in [0.2, 0.25) is 0 Å². The molecule has 1 fully saturated rings. The van der Waals surface area contributed by atoms with E-state index in [2.05, 4.69) is 0 Å². The van der Waals surface area contributed by atoms with E-state index in [1.807, 2.05) is 13.8 Å². The number of halogens is 1. The summed E-state index contributed by atoms with van der Waals surface area (Å²) >= 11 is 5.60. The first-order chi connectivity index (χ1) is 3.64. The lowest BCUT2D eigenvalue weighted by Crippen LogP contribution is -2.45. The third kappa shape index (κ3) is 0.576. The number of ketones is 1. The first-order valence-electron chi connectivity index (χ1n) is 2.82. The molecule has 0 amide bonds. The van der Waals surface area contributed by atoms with E-state index in [1.54, 1.807) is 0 Å². The third-order valence-corrected chi connectivity index (χ3v) is 2.58. The van der Waals surface area contributed by atoms with Crippen LogP contribution in [0.5, 0.6) is 0 Å². The maximum Gasteiger partial charge on any atom is 0.154 e. The minimum atomic E-state index is -0.190. The summed E-state index contributed by atoms with van der Waals surface area (Å²) in [4.78, 5) is 10.6. The lowest BCUT2D eigenvalue weighted by molar-refractivity contribution is -0.131. The van der Waals surface area contributed by atoms with E-state index in [1.165, 1.54) is 0 Å². The van der Waals surface area contributed by atoms with Crippen molar-refractivity contribution in [3.63, 3.8) is 0 Å². The summed E-state index contributed by atoms with van der Waals surface area (Å²) in [5.74, 6) is 0.806. The molecule has 46 valence electrons. The summed E-state index contributed by atoms with van der Waals surface area (Å²) in [7, 11) is 0. The monoisotopic (exact) mass is 132 g/mol. The Bertz CT molecular complexity index is 110. The number of Topliss-reactive ketones (excluding diaryl/α,β-unsaturated/α-hetero) is 1. The summed E-state index contributed by atoms with van der Waals surface area (Å²) in [5, 5.41) is -0.190. The molecule has 0 N–H and O–H groups in total. The van der Waals surface area contributed by atoms with Crippen LogP contribution in [-0.4, -0.2) is 11.2 Å². The van der Waals surface area contributed by atoms with Crippen molar-refractivity contribution in [2.24, 2.45) is 11.8 Å². The normalized spacial score (nSPS) is 46.4. The standard InChI is InChI=1S/C6H9ClO/c1-3-4(2)6(8)5(3)7/h3-5H,1-2H3/t3-,4+,5+/m1/s1. The van der Waals surface area contributed by atoms with Crippen LogP contribution < -0.4 is 0 Å². The summed E-state index contributed by atoms with van der Waals surface area (Å²) in [6.07, 6.45) is 0. The van der Waals surface area contributed by atoms with Crippen LogP contribution in [0.25, 0.3) is 0 Å². The first-order valence-corrected chi connectivity index (χ1v) is 3.26. The van der Waals surface area contributed by atoms with Gasteiger partial charge in [0.15, 0.2) is 5.78 Å². The Hall–Kier alpha value is -0.0400. The van der Waals surface area contributed by atoms with Crippen LogP contribution in [0.1, 0.15) is 13.8 Å². The molecule has 1 saturated carbocycles. The average molecular weight is 133 g/mol. The molecule has 3 atom stereocenters. The van der Waals surface area contributed by atoms with E-state index in [4.69, 9.17) is 11.6 Å². The van der Waals surface area contributed by atoms with E-state index in [9.17, 15) is 4.79 Å². The van der Waals surface area contributed by atoms with Crippen molar-refractivity contribution in [1.29, 1.82) is 0 Å². The van der Waals surface area contributed by atoms with Crippen molar-refractivity contribution in [2.45, 2.75) is 19.2 Å². The van der Waals surface area contributed by atoms with E-state index >= 15 is 0 Å². The van der Waals surface area contributed by atoms with Gasteiger partial charge in [0.1, 0.15) is 0 Å². The van der Waals surface area contributed by atoms with Crippen LogP contribution in [0.4, 0.5) is 0 Å². The van der Waals surface area contributed by atoms with Crippen molar-refractivity contribution >= 4 is 17.4 Å². The van der Waals surface area contributed by atoms with Crippen molar-refractivity contribution in [3.8, 4) is 0 Å². The first kappa shape index (κ1) is 6.09. The molecule has 0 spiro atoms. The number of hydrogen-bond donors (Lipinski definition) is 0. The fourth-order valence-corrected chi connectivity index (χ4v) is 1.32. The molecular formula is C6H9ClO. The predicted molar refractivity (Wildman–Crippen MR) is 33.0 cm³/mol. The summed E-state index contributed by atoms with van der Waals surface area (Å²) in [6, 6.07) is 0. The highest BCUT2D eigenvalue weighted by molar-refractivity contribution is 6.34. The number of carbonyl (C=O) groups excluding carboxylic acids is 1. The Kier molecular flexibility index (Phi) is 1.31. The molecule has 0 radical (unpaired) electrons. The molecule has 1 rings (SSSR count). The molecule has 0 aromatic heterocycles. The molecule has 0 aliphatic heterocycles. The van der Waals surface area contributed by atoms with Gasteiger partial charge in [-0.05, 0) is 5.92 Å². The maximum atomic E-state index is 10.6. The highest BCUT2D eigenvalue weighted by atomic mass is 35.5. The smallest absolute Gasteiger partial charge is 0.154 e. The molecular weight excluding hydrogens is 124 g/mol. The molecule has 0 aromatic rings. The number of rotatable bonds is 0. The maximum absolute atomic E-state index is 10.6. The number of carbonyl (C=O) groups is 1.